The smallest absolute Gasteiger partial charge is 0.339 e. The average Bonchev–Trinajstić information content (AvgIpc) is 2.77. The monoisotopic (exact) mass is 584 g/mol. The van der Waals surface area contributed by atoms with Gasteiger partial charge in [0.15, 0.2) is 11.6 Å². The first-order chi connectivity index (χ1) is 17.3. The summed E-state index contributed by atoms with van der Waals surface area (Å²) in [4.78, 5) is 27.2. The van der Waals surface area contributed by atoms with Gasteiger partial charge in [0.2, 0.25) is 0 Å². The van der Waals surface area contributed by atoms with E-state index in [-0.39, 0.29) is 33.0 Å². The van der Waals surface area contributed by atoms with Crippen molar-refractivity contribution in [1.82, 2.24) is 0 Å². The average molecular weight is 586 g/mol. The summed E-state index contributed by atoms with van der Waals surface area (Å²) in [5, 5.41) is 0. The number of carbonyl (C=O) groups excluding carboxylic acids is 2. The molecule has 0 saturated carbocycles. The molecule has 2 aromatic carbocycles. The number of rotatable bonds is 4. The summed E-state index contributed by atoms with van der Waals surface area (Å²) in [5.74, 6) is 0.228. The van der Waals surface area contributed by atoms with Gasteiger partial charge in [-0.25, -0.2) is 0 Å². The molecule has 5 rings (SSSR count). The van der Waals surface area contributed by atoms with E-state index in [1.54, 1.807) is 36.4 Å². The molecule has 8 heteroatoms. The SMILES string of the molecule is CC1(C)CC(=O)C2=C(C1)OC1=C(C(=O)CC(C)(C)C1)C2c1cc(Br)ccc1OS(=O)(=O)c1ccccc1. The lowest BCUT2D eigenvalue weighted by Gasteiger charge is -2.42. The lowest BCUT2D eigenvalue weighted by molar-refractivity contribution is -0.120. The topological polar surface area (TPSA) is 86.7 Å². The Kier molecular flexibility index (Phi) is 6.27. The fourth-order valence-corrected chi connectivity index (χ4v) is 6.91. The van der Waals surface area contributed by atoms with Crippen LogP contribution in [-0.4, -0.2) is 20.0 Å². The Morgan fingerprint density at radius 3 is 1.92 bits per heavy atom. The van der Waals surface area contributed by atoms with Crippen LogP contribution in [0.4, 0.5) is 0 Å². The predicted molar refractivity (Wildman–Crippen MR) is 142 cm³/mol. The van der Waals surface area contributed by atoms with Crippen LogP contribution in [0.15, 0.2) is 80.6 Å². The zero-order valence-electron chi connectivity index (χ0n) is 21.3. The Labute approximate surface area is 226 Å². The van der Waals surface area contributed by atoms with Gasteiger partial charge in [-0.1, -0.05) is 61.8 Å². The van der Waals surface area contributed by atoms with E-state index in [0.717, 1.165) is 0 Å². The minimum absolute atomic E-state index is 0.0154. The quantitative estimate of drug-likeness (QED) is 0.375. The summed E-state index contributed by atoms with van der Waals surface area (Å²) < 4.78 is 39.0. The molecule has 0 amide bonds. The molecule has 0 N–H and O–H groups in total. The molecule has 6 nitrogen and oxygen atoms in total. The number of ether oxygens (including phenoxy) is 1. The van der Waals surface area contributed by atoms with Crippen molar-refractivity contribution < 1.29 is 26.9 Å². The molecule has 3 aliphatic rings. The Bertz CT molecular complexity index is 1430. The lowest BCUT2D eigenvalue weighted by Crippen LogP contribution is -2.37. The van der Waals surface area contributed by atoms with E-state index in [0.29, 0.717) is 58.4 Å². The largest absolute Gasteiger partial charge is 0.465 e. The number of Topliss-reactive ketones (excluding diaryl/α,β-unsaturated/α-hetero) is 2. The number of carbonyl (C=O) groups is 2. The standard InChI is InChI=1S/C29H29BrO6S/c1-28(2)13-20(31)26-23(15-28)35-24-16-29(3,4)14-21(32)27(24)25(26)19-12-17(30)10-11-22(19)36-37(33,34)18-8-6-5-7-9-18/h5-12,25H,13-16H2,1-4H3. The number of ketones is 2. The first-order valence-electron chi connectivity index (χ1n) is 12.3. The highest BCUT2D eigenvalue weighted by atomic mass is 79.9. The summed E-state index contributed by atoms with van der Waals surface area (Å²) in [6, 6.07) is 12.9. The fraction of sp³-hybridized carbons (Fsp3) is 0.379. The highest BCUT2D eigenvalue weighted by Gasteiger charge is 2.48. The molecule has 0 unspecified atom stereocenters. The maximum atomic E-state index is 13.6. The van der Waals surface area contributed by atoms with Crippen molar-refractivity contribution >= 4 is 37.6 Å². The second kappa shape index (κ2) is 8.95. The van der Waals surface area contributed by atoms with Gasteiger partial charge in [0.1, 0.15) is 22.2 Å². The van der Waals surface area contributed by atoms with Crippen molar-refractivity contribution in [2.75, 3.05) is 0 Å². The minimum atomic E-state index is -4.16. The summed E-state index contributed by atoms with van der Waals surface area (Å²) in [7, 11) is -4.16. The molecule has 0 fully saturated rings. The molecule has 0 bridgehead atoms. The van der Waals surface area contributed by atoms with E-state index in [2.05, 4.69) is 15.9 Å². The van der Waals surface area contributed by atoms with Crippen molar-refractivity contribution in [3.8, 4) is 5.75 Å². The molecule has 0 spiro atoms. The van der Waals surface area contributed by atoms with E-state index in [1.807, 2.05) is 27.7 Å². The van der Waals surface area contributed by atoms with E-state index >= 15 is 0 Å². The van der Waals surface area contributed by atoms with Crippen LogP contribution in [0.1, 0.15) is 64.9 Å². The van der Waals surface area contributed by atoms with Crippen LogP contribution >= 0.6 is 15.9 Å². The zero-order valence-corrected chi connectivity index (χ0v) is 23.7. The van der Waals surface area contributed by atoms with Gasteiger partial charge in [-0.2, -0.15) is 8.42 Å². The molecule has 1 aliphatic heterocycles. The van der Waals surface area contributed by atoms with Gasteiger partial charge in [-0.15, -0.1) is 0 Å². The summed E-state index contributed by atoms with van der Waals surface area (Å²) in [6.45, 7) is 8.08. The second-order valence-electron chi connectivity index (χ2n) is 11.6. The van der Waals surface area contributed by atoms with Crippen molar-refractivity contribution in [1.29, 1.82) is 0 Å². The molecule has 0 saturated heterocycles. The number of allylic oxidation sites excluding steroid dienone is 4. The molecule has 194 valence electrons. The van der Waals surface area contributed by atoms with Crippen LogP contribution in [0.2, 0.25) is 0 Å². The molecular weight excluding hydrogens is 556 g/mol. The molecule has 1 heterocycles. The molecule has 0 aromatic heterocycles. The van der Waals surface area contributed by atoms with Crippen LogP contribution in [0.25, 0.3) is 0 Å². The first kappa shape index (κ1) is 25.9. The minimum Gasteiger partial charge on any atom is -0.465 e. The highest BCUT2D eigenvalue weighted by molar-refractivity contribution is 9.10. The highest BCUT2D eigenvalue weighted by Crippen LogP contribution is 2.54. The van der Waals surface area contributed by atoms with Crippen LogP contribution < -0.4 is 4.18 Å². The van der Waals surface area contributed by atoms with Gasteiger partial charge >= 0.3 is 10.1 Å². The van der Waals surface area contributed by atoms with Crippen LogP contribution in [0.5, 0.6) is 5.75 Å². The van der Waals surface area contributed by atoms with Crippen molar-refractivity contribution in [2.45, 2.75) is 64.2 Å². The van der Waals surface area contributed by atoms with E-state index in [4.69, 9.17) is 8.92 Å². The molecule has 0 atom stereocenters. The summed E-state index contributed by atoms with van der Waals surface area (Å²) >= 11 is 3.49. The van der Waals surface area contributed by atoms with Gasteiger partial charge in [0.25, 0.3) is 0 Å². The van der Waals surface area contributed by atoms with Gasteiger partial charge in [0, 0.05) is 46.9 Å². The predicted octanol–water partition coefficient (Wildman–Crippen LogP) is 6.62. The Hall–Kier alpha value is -2.71. The van der Waals surface area contributed by atoms with Crippen molar-refractivity contribution in [3.05, 3.63) is 81.2 Å². The normalized spacial score (nSPS) is 21.3. The molecule has 37 heavy (non-hydrogen) atoms. The second-order valence-corrected chi connectivity index (χ2v) is 14.1. The van der Waals surface area contributed by atoms with E-state index < -0.39 is 16.0 Å². The lowest BCUT2D eigenvalue weighted by atomic mass is 9.65. The van der Waals surface area contributed by atoms with E-state index in [9.17, 15) is 18.0 Å². The fourth-order valence-electron chi connectivity index (χ4n) is 5.56. The van der Waals surface area contributed by atoms with E-state index in [1.165, 1.54) is 12.1 Å². The van der Waals surface area contributed by atoms with Crippen LogP contribution in [-0.2, 0) is 24.4 Å². The number of hydrogen-bond acceptors (Lipinski definition) is 6. The third-order valence-corrected chi connectivity index (χ3v) is 8.84. The first-order valence-corrected chi connectivity index (χ1v) is 14.5. The maximum absolute atomic E-state index is 13.6. The third kappa shape index (κ3) is 4.93. The van der Waals surface area contributed by atoms with Gasteiger partial charge in [-0.3, -0.25) is 9.59 Å². The number of hydrogen-bond donors (Lipinski definition) is 0. The van der Waals surface area contributed by atoms with Gasteiger partial charge in [0.05, 0.1) is 5.92 Å². The van der Waals surface area contributed by atoms with Gasteiger partial charge < -0.3 is 8.92 Å². The Balaban J connectivity index is 1.71. The summed E-state index contributed by atoms with van der Waals surface area (Å²) in [6.07, 6.45) is 1.70. The van der Waals surface area contributed by atoms with Crippen LogP contribution in [0.3, 0.4) is 0 Å². The number of halogens is 1. The molecule has 2 aliphatic carbocycles. The Morgan fingerprint density at radius 2 is 1.38 bits per heavy atom. The van der Waals surface area contributed by atoms with Gasteiger partial charge in [-0.05, 0) is 41.2 Å². The maximum Gasteiger partial charge on any atom is 0.339 e. The third-order valence-electron chi connectivity index (χ3n) is 7.10. The molecule has 0 radical (unpaired) electrons. The zero-order chi connectivity index (χ0) is 26.8. The summed E-state index contributed by atoms with van der Waals surface area (Å²) in [5.41, 5.74) is 0.704. The molecule has 2 aromatic rings. The van der Waals surface area contributed by atoms with Crippen molar-refractivity contribution in [3.63, 3.8) is 0 Å². The van der Waals surface area contributed by atoms with Crippen LogP contribution in [0, 0.1) is 10.8 Å². The Morgan fingerprint density at radius 1 is 0.838 bits per heavy atom. The number of benzene rings is 2. The van der Waals surface area contributed by atoms with Crippen molar-refractivity contribution in [2.24, 2.45) is 10.8 Å². The molecular formula is C29H29BrO6S.